The molecule has 29 heavy (non-hydrogen) atoms. The summed E-state index contributed by atoms with van der Waals surface area (Å²) >= 11 is 3.31. The van der Waals surface area contributed by atoms with Gasteiger partial charge in [-0.1, -0.05) is 0 Å². The lowest BCUT2D eigenvalue weighted by Crippen LogP contribution is -2.42. The minimum absolute atomic E-state index is 0.0680. The first kappa shape index (κ1) is 20.7. The third-order valence-electron chi connectivity index (χ3n) is 5.20. The van der Waals surface area contributed by atoms with Crippen molar-refractivity contribution < 1.29 is 23.7 Å². The van der Waals surface area contributed by atoms with E-state index in [1.807, 2.05) is 17.9 Å². The molecule has 2 fully saturated rings. The minimum atomic E-state index is -1.04. The predicted octanol–water partition coefficient (Wildman–Crippen LogP) is 2.99. The van der Waals surface area contributed by atoms with Gasteiger partial charge in [0.05, 0.1) is 37.4 Å². The Morgan fingerprint density at radius 2 is 2.03 bits per heavy atom. The van der Waals surface area contributed by atoms with E-state index in [-0.39, 0.29) is 24.2 Å². The first-order valence-corrected chi connectivity index (χ1v) is 10.6. The molecule has 1 atom stereocenters. The molecule has 0 bridgehead atoms. The summed E-state index contributed by atoms with van der Waals surface area (Å²) in [5.41, 5.74) is -0.103. The fraction of sp³-hybridized carbons (Fsp3) is 0.600. The number of aryl methyl sites for hydroxylation is 1. The van der Waals surface area contributed by atoms with Gasteiger partial charge in [-0.25, -0.2) is 4.39 Å². The van der Waals surface area contributed by atoms with Gasteiger partial charge in [0, 0.05) is 24.8 Å². The van der Waals surface area contributed by atoms with Gasteiger partial charge in [-0.05, 0) is 41.4 Å². The van der Waals surface area contributed by atoms with Gasteiger partial charge in [-0.15, -0.1) is 0 Å². The molecular formula is C20H25BrFN3O4. The number of fused-ring (bicyclic) bond motifs is 1. The summed E-state index contributed by atoms with van der Waals surface area (Å²) in [5.74, 6) is 0.0932. The van der Waals surface area contributed by atoms with Crippen LogP contribution in [0.15, 0.2) is 10.5 Å². The first-order chi connectivity index (χ1) is 13.8. The zero-order valence-corrected chi connectivity index (χ0v) is 18.2. The van der Waals surface area contributed by atoms with Crippen molar-refractivity contribution >= 4 is 32.7 Å². The number of ether oxygens (including phenoxy) is 3. The van der Waals surface area contributed by atoms with Crippen molar-refractivity contribution in [3.05, 3.63) is 21.9 Å². The number of rotatable bonds is 3. The van der Waals surface area contributed by atoms with Gasteiger partial charge in [0.25, 0.3) is 0 Å². The summed E-state index contributed by atoms with van der Waals surface area (Å²) in [6.07, 6.45) is 1.41. The van der Waals surface area contributed by atoms with Crippen LogP contribution in [-0.4, -0.2) is 66.3 Å². The molecule has 9 heteroatoms. The van der Waals surface area contributed by atoms with E-state index in [2.05, 4.69) is 25.9 Å². The lowest BCUT2D eigenvalue weighted by molar-refractivity contribution is -0.0123. The summed E-state index contributed by atoms with van der Waals surface area (Å²) in [7, 11) is 0. The van der Waals surface area contributed by atoms with Crippen LogP contribution < -0.4 is 9.64 Å². The lowest BCUT2D eigenvalue weighted by atomic mass is 10.1. The first-order valence-electron chi connectivity index (χ1n) is 9.80. The highest BCUT2D eigenvalue weighted by Gasteiger charge is 2.30. The summed E-state index contributed by atoms with van der Waals surface area (Å²) in [5, 5.41) is 11.2. The van der Waals surface area contributed by atoms with Gasteiger partial charge in [-0.3, -0.25) is 0 Å². The Kier molecular flexibility index (Phi) is 5.92. The van der Waals surface area contributed by atoms with Crippen molar-refractivity contribution in [3.8, 4) is 6.01 Å². The number of nitrogens with zero attached hydrogens (tertiary/aromatic N) is 3. The summed E-state index contributed by atoms with van der Waals surface area (Å²) in [6, 6.07) is 2.00. The van der Waals surface area contributed by atoms with Gasteiger partial charge in [-0.2, -0.15) is 9.97 Å². The maximum absolute atomic E-state index is 15.1. The second-order valence-corrected chi connectivity index (χ2v) is 8.74. The number of benzene rings is 1. The fourth-order valence-electron chi connectivity index (χ4n) is 3.71. The van der Waals surface area contributed by atoms with E-state index in [1.165, 1.54) is 0 Å². The lowest BCUT2D eigenvalue weighted by Gasteiger charge is -2.29. The molecule has 4 rings (SSSR count). The molecule has 7 nitrogen and oxygen atoms in total. The molecule has 0 radical (unpaired) electrons. The number of aromatic nitrogens is 2. The number of β-amino-alcohol motifs (C(OH)–C–C–N with tert-alkyl or cyclic N) is 1. The van der Waals surface area contributed by atoms with E-state index < -0.39 is 11.4 Å². The Balaban J connectivity index is 1.81. The molecule has 0 saturated carbocycles. The second-order valence-electron chi connectivity index (χ2n) is 7.95. The molecule has 1 aromatic heterocycles. The Labute approximate surface area is 177 Å². The molecule has 2 saturated heterocycles. The van der Waals surface area contributed by atoms with Gasteiger partial charge < -0.3 is 24.2 Å². The van der Waals surface area contributed by atoms with Gasteiger partial charge in [0.15, 0.2) is 5.82 Å². The van der Waals surface area contributed by atoms with Crippen LogP contribution in [0.25, 0.3) is 10.9 Å². The SMILES string of the molecule is Cc1cc2c(N3CCOCC(C)(O)C3)nc(OC3CCOCC3)nc2c(F)c1Br. The van der Waals surface area contributed by atoms with Gasteiger partial charge in [0.1, 0.15) is 23.0 Å². The third kappa shape index (κ3) is 4.47. The quantitative estimate of drug-likeness (QED) is 0.739. The second kappa shape index (κ2) is 8.29. The third-order valence-corrected chi connectivity index (χ3v) is 6.18. The van der Waals surface area contributed by atoms with Crippen molar-refractivity contribution in [1.82, 2.24) is 9.97 Å². The van der Waals surface area contributed by atoms with Crippen LogP contribution in [0.4, 0.5) is 10.2 Å². The van der Waals surface area contributed by atoms with Crippen molar-refractivity contribution in [3.63, 3.8) is 0 Å². The Hall–Kier alpha value is -1.55. The molecule has 0 spiro atoms. The summed E-state index contributed by atoms with van der Waals surface area (Å²) < 4.78 is 32.4. The molecule has 158 valence electrons. The number of anilines is 1. The molecule has 2 aromatic rings. The van der Waals surface area contributed by atoms with E-state index in [4.69, 9.17) is 14.2 Å². The van der Waals surface area contributed by atoms with Crippen LogP contribution in [0.3, 0.4) is 0 Å². The van der Waals surface area contributed by atoms with Gasteiger partial charge in [0.2, 0.25) is 0 Å². The number of halogens is 2. The minimum Gasteiger partial charge on any atom is -0.460 e. The highest BCUT2D eigenvalue weighted by Crippen LogP contribution is 2.35. The van der Waals surface area contributed by atoms with Crippen molar-refractivity contribution in [2.24, 2.45) is 0 Å². The van der Waals surface area contributed by atoms with E-state index in [1.54, 1.807) is 6.92 Å². The average molecular weight is 470 g/mol. The normalized spacial score (nSPS) is 24.0. The largest absolute Gasteiger partial charge is 0.460 e. The molecule has 1 aromatic carbocycles. The van der Waals surface area contributed by atoms with E-state index in [9.17, 15) is 5.11 Å². The average Bonchev–Trinajstić information content (AvgIpc) is 2.87. The highest BCUT2D eigenvalue weighted by molar-refractivity contribution is 9.10. The zero-order valence-electron chi connectivity index (χ0n) is 16.6. The number of aliphatic hydroxyl groups is 1. The highest BCUT2D eigenvalue weighted by atomic mass is 79.9. The van der Waals surface area contributed by atoms with Crippen molar-refractivity contribution in [2.75, 3.05) is 44.4 Å². The molecule has 3 heterocycles. The molecular weight excluding hydrogens is 445 g/mol. The van der Waals surface area contributed by atoms with Crippen LogP contribution in [0, 0.1) is 12.7 Å². The smallest absolute Gasteiger partial charge is 0.319 e. The van der Waals surface area contributed by atoms with Crippen LogP contribution in [-0.2, 0) is 9.47 Å². The van der Waals surface area contributed by atoms with Crippen molar-refractivity contribution in [2.45, 2.75) is 38.4 Å². The van der Waals surface area contributed by atoms with Crippen LogP contribution in [0.5, 0.6) is 6.01 Å². The van der Waals surface area contributed by atoms with Crippen LogP contribution in [0.2, 0.25) is 0 Å². The van der Waals surface area contributed by atoms with E-state index >= 15 is 4.39 Å². The van der Waals surface area contributed by atoms with E-state index in [0.29, 0.717) is 48.6 Å². The zero-order chi connectivity index (χ0) is 20.6. The Morgan fingerprint density at radius 1 is 1.28 bits per heavy atom. The predicted molar refractivity (Wildman–Crippen MR) is 110 cm³/mol. The standard InChI is InChI=1S/C20H25BrFN3O4/c1-12-9-14-17(16(22)15(12)21)23-19(29-13-3-6-27-7-4-13)24-18(14)25-5-8-28-11-20(2,26)10-25/h9,13,26H,3-8,10-11H2,1-2H3. The Morgan fingerprint density at radius 3 is 2.79 bits per heavy atom. The molecule has 0 amide bonds. The van der Waals surface area contributed by atoms with E-state index in [0.717, 1.165) is 18.4 Å². The Bertz CT molecular complexity index is 905. The molecule has 2 aliphatic heterocycles. The van der Waals surface area contributed by atoms with Crippen molar-refractivity contribution in [1.29, 1.82) is 0 Å². The summed E-state index contributed by atoms with van der Waals surface area (Å²) in [6.45, 7) is 6.29. The molecule has 1 unspecified atom stereocenters. The molecule has 1 N–H and O–H groups in total. The van der Waals surface area contributed by atoms with Crippen LogP contribution in [0.1, 0.15) is 25.3 Å². The molecule has 0 aliphatic carbocycles. The maximum atomic E-state index is 15.1. The number of hydrogen-bond donors (Lipinski definition) is 1. The monoisotopic (exact) mass is 469 g/mol. The molecule has 2 aliphatic rings. The number of hydrogen-bond acceptors (Lipinski definition) is 7. The fourth-order valence-corrected chi connectivity index (χ4v) is 4.02. The summed E-state index contributed by atoms with van der Waals surface area (Å²) in [4.78, 5) is 10.9. The van der Waals surface area contributed by atoms with Crippen LogP contribution >= 0.6 is 15.9 Å². The maximum Gasteiger partial charge on any atom is 0.319 e. The topological polar surface area (TPSA) is 76.9 Å². The van der Waals surface area contributed by atoms with Gasteiger partial charge >= 0.3 is 6.01 Å².